The van der Waals surface area contributed by atoms with Crippen LogP contribution in [0.1, 0.15) is 33.1 Å². The fourth-order valence-electron chi connectivity index (χ4n) is 3.45. The summed E-state index contributed by atoms with van der Waals surface area (Å²) in [6, 6.07) is 1.21. The number of likely N-dealkylation sites (tertiary alicyclic amines) is 2. The summed E-state index contributed by atoms with van der Waals surface area (Å²) in [6.07, 6.45) is 4.24. The van der Waals surface area contributed by atoms with Crippen molar-refractivity contribution in [1.82, 2.24) is 15.1 Å². The lowest BCUT2D eigenvalue weighted by Crippen LogP contribution is -2.50. The molecule has 2 atom stereocenters. The lowest BCUT2D eigenvalue weighted by molar-refractivity contribution is 0.0489. The quantitative estimate of drug-likeness (QED) is 0.783. The molecule has 19 heavy (non-hydrogen) atoms. The third-order valence-electron chi connectivity index (χ3n) is 4.41. The molecule has 4 nitrogen and oxygen atoms in total. The van der Waals surface area contributed by atoms with Crippen molar-refractivity contribution in [2.24, 2.45) is 0 Å². The smallest absolute Gasteiger partial charge is 0.0866 e. The van der Waals surface area contributed by atoms with E-state index in [0.29, 0.717) is 18.2 Å². The van der Waals surface area contributed by atoms with E-state index in [1.54, 1.807) is 0 Å². The molecule has 112 valence electrons. The number of nitrogens with one attached hydrogen (secondary N) is 1. The minimum Gasteiger partial charge on any atom is -0.375 e. The fourth-order valence-corrected chi connectivity index (χ4v) is 3.45. The Labute approximate surface area is 118 Å². The van der Waals surface area contributed by atoms with Crippen LogP contribution in [0.25, 0.3) is 0 Å². The minimum absolute atomic E-state index is 0.378. The summed E-state index contributed by atoms with van der Waals surface area (Å²) in [7, 11) is 2.19. The average Bonchev–Trinajstić information content (AvgIpc) is 2.73. The number of rotatable bonds is 6. The van der Waals surface area contributed by atoms with E-state index in [9.17, 15) is 0 Å². The van der Waals surface area contributed by atoms with Gasteiger partial charge in [0.1, 0.15) is 0 Å². The van der Waals surface area contributed by atoms with Crippen LogP contribution in [0.3, 0.4) is 0 Å². The summed E-state index contributed by atoms with van der Waals surface area (Å²) in [4.78, 5) is 4.98. The van der Waals surface area contributed by atoms with Crippen molar-refractivity contribution in [3.8, 4) is 0 Å². The van der Waals surface area contributed by atoms with Crippen LogP contribution in [-0.4, -0.2) is 74.4 Å². The predicted molar refractivity (Wildman–Crippen MR) is 79.6 cm³/mol. The highest BCUT2D eigenvalue weighted by Crippen LogP contribution is 2.16. The zero-order valence-corrected chi connectivity index (χ0v) is 12.9. The summed E-state index contributed by atoms with van der Waals surface area (Å²) < 4.78 is 5.87. The van der Waals surface area contributed by atoms with Gasteiger partial charge in [0.25, 0.3) is 0 Å². The molecule has 2 heterocycles. The third kappa shape index (κ3) is 4.42. The van der Waals surface area contributed by atoms with Crippen molar-refractivity contribution in [2.75, 3.05) is 46.4 Å². The highest BCUT2D eigenvalue weighted by Gasteiger charge is 2.33. The molecule has 0 saturated carbocycles. The lowest BCUT2D eigenvalue weighted by Gasteiger charge is -2.34. The third-order valence-corrected chi connectivity index (χ3v) is 4.41. The minimum atomic E-state index is 0.378. The van der Waals surface area contributed by atoms with Gasteiger partial charge < -0.3 is 19.9 Å². The first-order chi connectivity index (χ1) is 9.22. The number of hydrogen-bond acceptors (Lipinski definition) is 4. The van der Waals surface area contributed by atoms with Crippen LogP contribution in [0.5, 0.6) is 0 Å². The first-order valence-electron chi connectivity index (χ1n) is 8.01. The second kappa shape index (κ2) is 7.58. The van der Waals surface area contributed by atoms with Crippen LogP contribution < -0.4 is 5.32 Å². The van der Waals surface area contributed by atoms with Gasteiger partial charge in [0.2, 0.25) is 0 Å². The number of likely N-dealkylation sites (N-methyl/N-ethyl adjacent to an activating group) is 1. The Hall–Kier alpha value is -0.160. The Balaban J connectivity index is 1.75. The molecule has 2 aliphatic rings. The molecule has 0 aromatic heterocycles. The van der Waals surface area contributed by atoms with Crippen molar-refractivity contribution in [1.29, 1.82) is 0 Å². The molecular formula is C15H31N3O. The first kappa shape index (κ1) is 15.2. The van der Waals surface area contributed by atoms with Crippen LogP contribution in [0.2, 0.25) is 0 Å². The van der Waals surface area contributed by atoms with Gasteiger partial charge in [-0.05, 0) is 52.9 Å². The van der Waals surface area contributed by atoms with E-state index in [4.69, 9.17) is 4.74 Å². The van der Waals surface area contributed by atoms with Gasteiger partial charge in [0.15, 0.2) is 0 Å². The summed E-state index contributed by atoms with van der Waals surface area (Å²) >= 11 is 0. The van der Waals surface area contributed by atoms with Gasteiger partial charge >= 0.3 is 0 Å². The topological polar surface area (TPSA) is 27.7 Å². The average molecular weight is 269 g/mol. The molecule has 2 fully saturated rings. The number of ether oxygens (including phenoxy) is 1. The van der Waals surface area contributed by atoms with E-state index in [-0.39, 0.29) is 0 Å². The number of piperidine rings is 1. The first-order valence-corrected chi connectivity index (χ1v) is 8.01. The highest BCUT2D eigenvalue weighted by molar-refractivity contribution is 4.92. The summed E-state index contributed by atoms with van der Waals surface area (Å²) in [5.74, 6) is 0. The van der Waals surface area contributed by atoms with E-state index in [1.807, 2.05) is 0 Å². The maximum Gasteiger partial charge on any atom is 0.0866 e. The maximum absolute atomic E-state index is 5.87. The highest BCUT2D eigenvalue weighted by atomic mass is 16.5. The van der Waals surface area contributed by atoms with Crippen LogP contribution in [0.4, 0.5) is 0 Å². The van der Waals surface area contributed by atoms with Gasteiger partial charge in [0.05, 0.1) is 6.10 Å². The molecule has 0 spiro atoms. The lowest BCUT2D eigenvalue weighted by atomic mass is 10.0. The van der Waals surface area contributed by atoms with Crippen LogP contribution in [0.15, 0.2) is 0 Å². The van der Waals surface area contributed by atoms with Crippen molar-refractivity contribution in [3.05, 3.63) is 0 Å². The fraction of sp³-hybridized carbons (Fsp3) is 1.00. The maximum atomic E-state index is 5.87. The molecule has 1 N–H and O–H groups in total. The molecule has 2 aliphatic heterocycles. The zero-order valence-electron chi connectivity index (χ0n) is 12.9. The van der Waals surface area contributed by atoms with E-state index >= 15 is 0 Å². The number of nitrogens with zero attached hydrogens (tertiary/aromatic N) is 2. The Morgan fingerprint density at radius 3 is 2.53 bits per heavy atom. The standard InChI is InChI=1S/C15H31N3O/c1-4-8-18-9-6-13(7-10-18)16-14-11-17(3)12-15(14)19-5-2/h13-16H,4-12H2,1-3H3/t14-,15-/m0/s1. The molecule has 2 saturated heterocycles. The summed E-state index contributed by atoms with van der Waals surface area (Å²) in [5, 5.41) is 3.85. The molecule has 0 unspecified atom stereocenters. The molecule has 0 aromatic carbocycles. The van der Waals surface area contributed by atoms with Gasteiger partial charge in [-0.2, -0.15) is 0 Å². The Morgan fingerprint density at radius 1 is 1.16 bits per heavy atom. The predicted octanol–water partition coefficient (Wildman–Crippen LogP) is 1.17. The molecular weight excluding hydrogens is 238 g/mol. The van der Waals surface area contributed by atoms with Gasteiger partial charge in [0, 0.05) is 31.8 Å². The van der Waals surface area contributed by atoms with Crippen LogP contribution in [-0.2, 0) is 4.74 Å². The van der Waals surface area contributed by atoms with Crippen molar-refractivity contribution < 1.29 is 4.74 Å². The second-order valence-electron chi connectivity index (χ2n) is 6.10. The van der Waals surface area contributed by atoms with Gasteiger partial charge in [-0.1, -0.05) is 6.92 Å². The van der Waals surface area contributed by atoms with E-state index in [1.165, 1.54) is 38.9 Å². The monoisotopic (exact) mass is 269 g/mol. The summed E-state index contributed by atoms with van der Waals surface area (Å²) in [6.45, 7) is 11.2. The van der Waals surface area contributed by atoms with Crippen molar-refractivity contribution >= 4 is 0 Å². The van der Waals surface area contributed by atoms with Crippen LogP contribution >= 0.6 is 0 Å². The van der Waals surface area contributed by atoms with Gasteiger partial charge in [-0.3, -0.25) is 0 Å². The second-order valence-corrected chi connectivity index (χ2v) is 6.10. The van der Waals surface area contributed by atoms with Gasteiger partial charge in [-0.15, -0.1) is 0 Å². The molecule has 2 rings (SSSR count). The van der Waals surface area contributed by atoms with E-state index < -0.39 is 0 Å². The molecule has 0 aliphatic carbocycles. The van der Waals surface area contributed by atoms with Crippen molar-refractivity contribution in [2.45, 2.75) is 51.3 Å². The summed E-state index contributed by atoms with van der Waals surface area (Å²) in [5.41, 5.74) is 0. The zero-order chi connectivity index (χ0) is 13.7. The van der Waals surface area contributed by atoms with Gasteiger partial charge in [-0.25, -0.2) is 0 Å². The Bertz CT molecular complexity index is 254. The molecule has 0 aromatic rings. The number of hydrogen-bond donors (Lipinski definition) is 1. The van der Waals surface area contributed by atoms with E-state index in [0.717, 1.165) is 19.7 Å². The largest absolute Gasteiger partial charge is 0.375 e. The normalized spacial score (nSPS) is 31.1. The molecule has 0 radical (unpaired) electrons. The Kier molecular flexibility index (Phi) is 6.07. The SMILES string of the molecule is CCCN1CCC(N[C@H]2CN(C)C[C@@H]2OCC)CC1. The molecule has 4 heteroatoms. The van der Waals surface area contributed by atoms with E-state index in [2.05, 4.69) is 36.0 Å². The molecule has 0 bridgehead atoms. The van der Waals surface area contributed by atoms with Crippen LogP contribution in [0, 0.1) is 0 Å². The molecule has 0 amide bonds. The Morgan fingerprint density at radius 2 is 1.89 bits per heavy atom. The van der Waals surface area contributed by atoms with Crippen molar-refractivity contribution in [3.63, 3.8) is 0 Å².